The monoisotopic (exact) mass is 210 g/mol. The Labute approximate surface area is 85.3 Å². The van der Waals surface area contributed by atoms with E-state index in [1.54, 1.807) is 0 Å². The fourth-order valence-electron chi connectivity index (χ4n) is 0.568. The molecule has 0 saturated heterocycles. The average molecular weight is 210 g/mol. The van der Waals surface area contributed by atoms with Gasteiger partial charge in [0.1, 0.15) is 0 Å². The fraction of sp³-hybridized carbons (Fsp3) is 1.00. The minimum Gasteiger partial charge on any atom is -0.394 e. The van der Waals surface area contributed by atoms with Gasteiger partial charge in [0.15, 0.2) is 0 Å². The van der Waals surface area contributed by atoms with E-state index >= 15 is 0 Å². The molecule has 0 aliphatic heterocycles. The Bertz CT molecular complexity index is 85.3. The number of rotatable bonds is 7. The van der Waals surface area contributed by atoms with Gasteiger partial charge in [-0.1, -0.05) is 0 Å². The zero-order chi connectivity index (χ0) is 11.2. The molecular formula is C9H22O5. The van der Waals surface area contributed by atoms with E-state index in [0.717, 1.165) is 0 Å². The van der Waals surface area contributed by atoms with Crippen molar-refractivity contribution in [1.29, 1.82) is 0 Å². The highest BCUT2D eigenvalue weighted by atomic mass is 16.5. The van der Waals surface area contributed by atoms with E-state index in [4.69, 9.17) is 20.1 Å². The van der Waals surface area contributed by atoms with Gasteiger partial charge in [-0.05, 0) is 13.8 Å². The molecule has 0 spiro atoms. The van der Waals surface area contributed by atoms with Crippen molar-refractivity contribution < 1.29 is 24.8 Å². The molecule has 1 atom stereocenters. The summed E-state index contributed by atoms with van der Waals surface area (Å²) in [5, 5.41) is 24.5. The highest BCUT2D eigenvalue weighted by Crippen LogP contribution is 1.84. The van der Waals surface area contributed by atoms with Gasteiger partial charge in [0, 0.05) is 6.61 Å². The summed E-state index contributed by atoms with van der Waals surface area (Å²) in [5.74, 6) is 0. The molecule has 0 aromatic carbocycles. The zero-order valence-electron chi connectivity index (χ0n) is 8.98. The summed E-state index contributed by atoms with van der Waals surface area (Å²) < 4.78 is 9.57. The van der Waals surface area contributed by atoms with Crippen molar-refractivity contribution in [3.8, 4) is 0 Å². The Balaban J connectivity index is 0. The predicted octanol–water partition coefficient (Wildman–Crippen LogP) is -0.609. The lowest BCUT2D eigenvalue weighted by Gasteiger charge is -2.04. The molecular weight excluding hydrogens is 188 g/mol. The van der Waals surface area contributed by atoms with Crippen LogP contribution in [0, 0.1) is 0 Å². The highest BCUT2D eigenvalue weighted by molar-refractivity contribution is 4.40. The number of aliphatic hydroxyl groups excluding tert-OH is 3. The normalized spacial score (nSPS) is 11.8. The van der Waals surface area contributed by atoms with Crippen LogP contribution >= 0.6 is 0 Å². The lowest BCUT2D eigenvalue weighted by molar-refractivity contribution is 0.0325. The van der Waals surface area contributed by atoms with Crippen LogP contribution in [0.4, 0.5) is 0 Å². The van der Waals surface area contributed by atoms with Crippen LogP contribution in [0.15, 0.2) is 0 Å². The van der Waals surface area contributed by atoms with Gasteiger partial charge in [-0.3, -0.25) is 0 Å². The van der Waals surface area contributed by atoms with Crippen molar-refractivity contribution in [2.45, 2.75) is 20.0 Å². The molecule has 0 aliphatic rings. The summed E-state index contributed by atoms with van der Waals surface area (Å²) in [6, 6.07) is 0. The average Bonchev–Trinajstić information content (AvgIpc) is 2.20. The maximum Gasteiger partial charge on any atom is 0.0777 e. The van der Waals surface area contributed by atoms with Gasteiger partial charge in [0.25, 0.3) is 0 Å². The van der Waals surface area contributed by atoms with Crippen molar-refractivity contribution in [2.75, 3.05) is 39.6 Å². The third-order valence-corrected chi connectivity index (χ3v) is 1.18. The quantitative estimate of drug-likeness (QED) is 0.489. The van der Waals surface area contributed by atoms with Gasteiger partial charge in [-0.15, -0.1) is 0 Å². The van der Waals surface area contributed by atoms with E-state index in [0.29, 0.717) is 19.8 Å². The Morgan fingerprint density at radius 3 is 1.79 bits per heavy atom. The fourth-order valence-corrected chi connectivity index (χ4v) is 0.568. The van der Waals surface area contributed by atoms with E-state index in [1.165, 1.54) is 0 Å². The van der Waals surface area contributed by atoms with Gasteiger partial charge in [0.2, 0.25) is 0 Å². The Hall–Kier alpha value is -0.200. The number of hydrogen-bond donors (Lipinski definition) is 3. The summed E-state index contributed by atoms with van der Waals surface area (Å²) in [6.45, 7) is 5.24. The van der Waals surface area contributed by atoms with E-state index in [1.807, 2.05) is 13.8 Å². The third kappa shape index (κ3) is 17.8. The van der Waals surface area contributed by atoms with E-state index in [2.05, 4.69) is 4.74 Å². The smallest absolute Gasteiger partial charge is 0.0777 e. The summed E-state index contributed by atoms with van der Waals surface area (Å²) >= 11 is 0. The summed E-state index contributed by atoms with van der Waals surface area (Å²) in [5.41, 5.74) is 0. The molecule has 0 heterocycles. The molecule has 0 saturated carbocycles. The van der Waals surface area contributed by atoms with Gasteiger partial charge in [-0.25, -0.2) is 0 Å². The molecule has 88 valence electrons. The first kappa shape index (κ1) is 16.2. The van der Waals surface area contributed by atoms with Crippen LogP contribution in [0.5, 0.6) is 0 Å². The van der Waals surface area contributed by atoms with Gasteiger partial charge >= 0.3 is 0 Å². The van der Waals surface area contributed by atoms with Crippen LogP contribution in [0.1, 0.15) is 13.8 Å². The molecule has 0 rings (SSSR count). The molecule has 0 aromatic rings. The van der Waals surface area contributed by atoms with Gasteiger partial charge < -0.3 is 24.8 Å². The third-order valence-electron chi connectivity index (χ3n) is 1.18. The lowest BCUT2D eigenvalue weighted by Crippen LogP contribution is -2.11. The van der Waals surface area contributed by atoms with Crippen LogP contribution < -0.4 is 0 Å². The van der Waals surface area contributed by atoms with Crippen LogP contribution in [-0.2, 0) is 9.47 Å². The minimum atomic E-state index is 0.00463. The van der Waals surface area contributed by atoms with Crippen molar-refractivity contribution in [1.82, 2.24) is 0 Å². The number of aliphatic hydroxyl groups is 3. The molecule has 0 fully saturated rings. The molecule has 5 nitrogen and oxygen atoms in total. The van der Waals surface area contributed by atoms with E-state index < -0.39 is 0 Å². The molecule has 3 N–H and O–H groups in total. The van der Waals surface area contributed by atoms with Crippen molar-refractivity contribution >= 4 is 0 Å². The second-order valence-corrected chi connectivity index (χ2v) is 2.51. The Morgan fingerprint density at radius 1 is 1.07 bits per heavy atom. The highest BCUT2D eigenvalue weighted by Gasteiger charge is 1.93. The SMILES string of the molecule is CCOC(C)CO.OCCOCCO. The first-order valence-corrected chi connectivity index (χ1v) is 4.74. The predicted molar refractivity (Wildman–Crippen MR) is 53.2 cm³/mol. The van der Waals surface area contributed by atoms with E-state index in [-0.39, 0.29) is 25.9 Å². The first-order chi connectivity index (χ1) is 6.72. The minimum absolute atomic E-state index is 0.00463. The van der Waals surface area contributed by atoms with Gasteiger partial charge in [0.05, 0.1) is 39.1 Å². The van der Waals surface area contributed by atoms with Gasteiger partial charge in [-0.2, -0.15) is 0 Å². The summed E-state index contributed by atoms with van der Waals surface area (Å²) in [7, 11) is 0. The molecule has 0 amide bonds. The molecule has 0 radical (unpaired) electrons. The summed E-state index contributed by atoms with van der Waals surface area (Å²) in [4.78, 5) is 0. The van der Waals surface area contributed by atoms with Crippen molar-refractivity contribution in [3.63, 3.8) is 0 Å². The Kier molecular flexibility index (Phi) is 17.7. The zero-order valence-corrected chi connectivity index (χ0v) is 8.98. The first-order valence-electron chi connectivity index (χ1n) is 4.74. The molecule has 0 aromatic heterocycles. The molecule has 14 heavy (non-hydrogen) atoms. The largest absolute Gasteiger partial charge is 0.394 e. The lowest BCUT2D eigenvalue weighted by atomic mass is 10.4. The van der Waals surface area contributed by atoms with E-state index in [9.17, 15) is 0 Å². The second-order valence-electron chi connectivity index (χ2n) is 2.51. The van der Waals surface area contributed by atoms with Crippen LogP contribution in [-0.4, -0.2) is 61.1 Å². The molecule has 0 bridgehead atoms. The number of hydrogen-bond acceptors (Lipinski definition) is 5. The number of ether oxygens (including phenoxy) is 2. The maximum absolute atomic E-state index is 8.34. The molecule has 1 unspecified atom stereocenters. The summed E-state index contributed by atoms with van der Waals surface area (Å²) in [6.07, 6.45) is 0.00463. The maximum atomic E-state index is 8.34. The second kappa shape index (κ2) is 15.3. The Morgan fingerprint density at radius 2 is 1.57 bits per heavy atom. The standard InChI is InChI=1S/C5H12O2.C4H10O3/c1-3-7-5(2)4-6;5-1-3-7-4-2-6/h5-6H,3-4H2,1-2H3;5-6H,1-4H2. The van der Waals surface area contributed by atoms with Crippen molar-refractivity contribution in [3.05, 3.63) is 0 Å². The molecule has 5 heteroatoms. The molecule has 0 aliphatic carbocycles. The topological polar surface area (TPSA) is 79.2 Å². The van der Waals surface area contributed by atoms with Crippen molar-refractivity contribution in [2.24, 2.45) is 0 Å². The van der Waals surface area contributed by atoms with Crippen LogP contribution in [0.2, 0.25) is 0 Å². The van der Waals surface area contributed by atoms with Crippen LogP contribution in [0.3, 0.4) is 0 Å². The van der Waals surface area contributed by atoms with Crippen LogP contribution in [0.25, 0.3) is 0 Å².